The molecule has 0 saturated carbocycles. The lowest BCUT2D eigenvalue weighted by Crippen LogP contribution is -2.24. The highest BCUT2D eigenvalue weighted by molar-refractivity contribution is 6.33. The summed E-state index contributed by atoms with van der Waals surface area (Å²) in [5, 5.41) is 14.8. The number of halogens is 1. The summed E-state index contributed by atoms with van der Waals surface area (Å²) in [6, 6.07) is 11.2. The number of anilines is 1. The lowest BCUT2D eigenvalue weighted by Gasteiger charge is -2.13. The molecule has 0 aliphatic heterocycles. The molecule has 0 bridgehead atoms. The predicted molar refractivity (Wildman–Crippen MR) is 100 cm³/mol. The molecule has 0 radical (unpaired) electrons. The van der Waals surface area contributed by atoms with Crippen LogP contribution in [0, 0.1) is 10.1 Å². The van der Waals surface area contributed by atoms with Crippen molar-refractivity contribution < 1.29 is 14.5 Å². The van der Waals surface area contributed by atoms with Crippen LogP contribution in [-0.4, -0.2) is 37.7 Å². The van der Waals surface area contributed by atoms with Gasteiger partial charge in [0.1, 0.15) is 5.75 Å². The lowest BCUT2D eigenvalue weighted by molar-refractivity contribution is -0.384. The maximum absolute atomic E-state index is 11.8. The molecule has 0 aromatic heterocycles. The Bertz CT molecular complexity index is 839. The van der Waals surface area contributed by atoms with Crippen LogP contribution in [0.25, 0.3) is 0 Å². The van der Waals surface area contributed by atoms with E-state index in [2.05, 4.69) is 10.5 Å². The molecule has 0 aliphatic rings. The third-order valence-electron chi connectivity index (χ3n) is 3.29. The van der Waals surface area contributed by atoms with Gasteiger partial charge in [-0.2, -0.15) is 5.10 Å². The van der Waals surface area contributed by atoms with Crippen LogP contribution >= 0.6 is 11.6 Å². The van der Waals surface area contributed by atoms with E-state index < -0.39 is 10.8 Å². The predicted octanol–water partition coefficient (Wildman–Crippen LogP) is 2.84. The number of carbonyl (C=O) groups excluding carboxylic acids is 1. The highest BCUT2D eigenvalue weighted by atomic mass is 35.5. The normalized spacial score (nSPS) is 10.6. The average Bonchev–Trinajstić information content (AvgIpc) is 2.61. The molecule has 2 aromatic rings. The van der Waals surface area contributed by atoms with E-state index in [0.717, 1.165) is 5.69 Å². The molecule has 26 heavy (non-hydrogen) atoms. The second kappa shape index (κ2) is 8.82. The van der Waals surface area contributed by atoms with Crippen molar-refractivity contribution in [2.24, 2.45) is 5.10 Å². The van der Waals surface area contributed by atoms with Crippen molar-refractivity contribution in [1.29, 1.82) is 0 Å². The summed E-state index contributed by atoms with van der Waals surface area (Å²) in [4.78, 5) is 23.9. The van der Waals surface area contributed by atoms with Gasteiger partial charge in [-0.15, -0.1) is 0 Å². The summed E-state index contributed by atoms with van der Waals surface area (Å²) in [6.45, 7) is -0.225. The van der Waals surface area contributed by atoms with Crippen molar-refractivity contribution in [2.45, 2.75) is 0 Å². The molecule has 1 amide bonds. The fourth-order valence-corrected chi connectivity index (χ4v) is 2.12. The number of nitro groups is 1. The van der Waals surface area contributed by atoms with Gasteiger partial charge in [0, 0.05) is 48.6 Å². The number of nitrogens with zero attached hydrogens (tertiary/aromatic N) is 3. The van der Waals surface area contributed by atoms with Crippen molar-refractivity contribution >= 4 is 35.1 Å². The van der Waals surface area contributed by atoms with Gasteiger partial charge in [0.15, 0.2) is 6.61 Å². The first-order valence-corrected chi connectivity index (χ1v) is 7.90. The number of rotatable bonds is 7. The van der Waals surface area contributed by atoms with E-state index in [1.54, 1.807) is 12.1 Å². The van der Waals surface area contributed by atoms with Crippen LogP contribution in [0.1, 0.15) is 5.56 Å². The lowest BCUT2D eigenvalue weighted by atomic mass is 10.2. The Morgan fingerprint density at radius 2 is 2.12 bits per heavy atom. The molecule has 0 spiro atoms. The van der Waals surface area contributed by atoms with Crippen LogP contribution in [0.15, 0.2) is 47.6 Å². The summed E-state index contributed by atoms with van der Waals surface area (Å²) < 4.78 is 5.41. The van der Waals surface area contributed by atoms with Gasteiger partial charge in [0.2, 0.25) is 0 Å². The van der Waals surface area contributed by atoms with Crippen molar-refractivity contribution in [3.05, 3.63) is 63.2 Å². The second-order valence-electron chi connectivity index (χ2n) is 5.44. The number of benzene rings is 2. The zero-order chi connectivity index (χ0) is 19.1. The Balaban J connectivity index is 1.91. The Morgan fingerprint density at radius 1 is 1.35 bits per heavy atom. The molecule has 0 atom stereocenters. The molecule has 9 heteroatoms. The number of amides is 1. The first kappa shape index (κ1) is 19.2. The van der Waals surface area contributed by atoms with Gasteiger partial charge in [-0.3, -0.25) is 14.9 Å². The quantitative estimate of drug-likeness (QED) is 0.455. The molecular formula is C17H17ClN4O4. The molecule has 0 saturated heterocycles. The van der Waals surface area contributed by atoms with E-state index in [9.17, 15) is 14.9 Å². The van der Waals surface area contributed by atoms with Crippen molar-refractivity contribution in [2.75, 3.05) is 25.6 Å². The molecule has 2 aromatic carbocycles. The summed E-state index contributed by atoms with van der Waals surface area (Å²) in [5.74, 6) is 0.0788. The topological polar surface area (TPSA) is 97.1 Å². The zero-order valence-electron chi connectivity index (χ0n) is 14.2. The van der Waals surface area contributed by atoms with Crippen LogP contribution in [0.2, 0.25) is 5.02 Å². The third kappa shape index (κ3) is 5.45. The highest BCUT2D eigenvalue weighted by Crippen LogP contribution is 2.20. The summed E-state index contributed by atoms with van der Waals surface area (Å²) in [5.41, 5.74) is 3.43. The van der Waals surface area contributed by atoms with Gasteiger partial charge in [0.05, 0.1) is 11.1 Å². The highest BCUT2D eigenvalue weighted by Gasteiger charge is 2.08. The summed E-state index contributed by atoms with van der Waals surface area (Å²) in [7, 11) is 3.80. The number of non-ortho nitro benzene ring substituents is 1. The van der Waals surface area contributed by atoms with E-state index in [1.165, 1.54) is 24.4 Å². The zero-order valence-corrected chi connectivity index (χ0v) is 14.9. The van der Waals surface area contributed by atoms with Crippen molar-refractivity contribution in [3.8, 4) is 5.75 Å². The monoisotopic (exact) mass is 376 g/mol. The summed E-state index contributed by atoms with van der Waals surface area (Å²) >= 11 is 5.94. The minimum absolute atomic E-state index is 0.119. The van der Waals surface area contributed by atoms with Gasteiger partial charge in [-0.05, 0) is 18.2 Å². The Kier molecular flexibility index (Phi) is 6.51. The standard InChI is InChI=1S/C17H17ClN4O4/c1-21(2)13-4-3-5-15(9-13)26-11-17(23)20-19-10-12-8-14(22(24)25)6-7-16(12)18/h3-10H,11H2,1-2H3,(H,20,23)/b19-10+. The van der Waals surface area contributed by atoms with Gasteiger partial charge in [-0.25, -0.2) is 5.43 Å². The Hall–Kier alpha value is -3.13. The van der Waals surface area contributed by atoms with Crippen LogP contribution < -0.4 is 15.1 Å². The fourth-order valence-electron chi connectivity index (χ4n) is 1.95. The molecule has 0 aliphatic carbocycles. The number of ether oxygens (including phenoxy) is 1. The number of hydrazone groups is 1. The maximum Gasteiger partial charge on any atom is 0.277 e. The second-order valence-corrected chi connectivity index (χ2v) is 5.84. The average molecular weight is 377 g/mol. The number of hydrogen-bond donors (Lipinski definition) is 1. The van der Waals surface area contributed by atoms with E-state index in [4.69, 9.17) is 16.3 Å². The van der Waals surface area contributed by atoms with E-state index in [-0.39, 0.29) is 17.3 Å². The van der Waals surface area contributed by atoms with E-state index in [1.807, 2.05) is 31.1 Å². The number of nitro benzene ring substituents is 1. The smallest absolute Gasteiger partial charge is 0.277 e. The van der Waals surface area contributed by atoms with E-state index in [0.29, 0.717) is 11.3 Å². The van der Waals surface area contributed by atoms with Crippen LogP contribution in [-0.2, 0) is 4.79 Å². The molecule has 136 valence electrons. The van der Waals surface area contributed by atoms with E-state index >= 15 is 0 Å². The molecule has 0 unspecified atom stereocenters. The number of hydrogen-bond acceptors (Lipinski definition) is 6. The van der Waals surface area contributed by atoms with Crippen LogP contribution in [0.5, 0.6) is 5.75 Å². The minimum atomic E-state index is -0.540. The van der Waals surface area contributed by atoms with Gasteiger partial charge >= 0.3 is 0 Å². The Labute approximate surface area is 155 Å². The number of nitrogens with one attached hydrogen (secondary N) is 1. The fraction of sp³-hybridized carbons (Fsp3) is 0.176. The van der Waals surface area contributed by atoms with Crippen molar-refractivity contribution in [1.82, 2.24) is 5.43 Å². The molecule has 8 nitrogen and oxygen atoms in total. The third-order valence-corrected chi connectivity index (χ3v) is 3.63. The summed E-state index contributed by atoms with van der Waals surface area (Å²) in [6.07, 6.45) is 1.24. The first-order valence-electron chi connectivity index (χ1n) is 7.53. The van der Waals surface area contributed by atoms with Gasteiger partial charge in [-0.1, -0.05) is 17.7 Å². The van der Waals surface area contributed by atoms with Gasteiger partial charge < -0.3 is 9.64 Å². The minimum Gasteiger partial charge on any atom is -0.484 e. The SMILES string of the molecule is CN(C)c1cccc(OCC(=O)N/N=C/c2cc([N+](=O)[O-])ccc2Cl)c1. The molecule has 1 N–H and O–H groups in total. The van der Waals surface area contributed by atoms with Crippen LogP contribution in [0.4, 0.5) is 11.4 Å². The largest absolute Gasteiger partial charge is 0.484 e. The number of carbonyl (C=O) groups is 1. The van der Waals surface area contributed by atoms with Crippen molar-refractivity contribution in [3.63, 3.8) is 0 Å². The molecule has 0 fully saturated rings. The molecular weight excluding hydrogens is 360 g/mol. The van der Waals surface area contributed by atoms with Crippen LogP contribution in [0.3, 0.4) is 0 Å². The molecule has 2 rings (SSSR count). The van der Waals surface area contributed by atoms with Gasteiger partial charge in [0.25, 0.3) is 11.6 Å². The first-order chi connectivity index (χ1) is 12.4. The molecule has 0 heterocycles. The Morgan fingerprint density at radius 3 is 2.81 bits per heavy atom. The maximum atomic E-state index is 11.8.